The first-order valence-electron chi connectivity index (χ1n) is 37.2. The van der Waals surface area contributed by atoms with Gasteiger partial charge in [0.1, 0.15) is 11.6 Å². The van der Waals surface area contributed by atoms with Gasteiger partial charge >= 0.3 is 5.97 Å². The fourth-order valence-electron chi connectivity index (χ4n) is 9.73. The number of nitrogens with two attached hydrogens (primary N) is 1. The Morgan fingerprint density at radius 1 is 0.514 bits per heavy atom. The molecule has 1 saturated heterocycles. The molecule has 0 unspecified atom stereocenters. The van der Waals surface area contributed by atoms with E-state index in [0.29, 0.717) is 264 Å². The SMILES string of the molecule is COCCOCCOCCOCCOCCOCCOCCOCCOCCOCCOCCOCCOCCOCCOCCOCCOCCOCCOCCOCCOCCOCCN(C)C(=O)C[C@@](CCc1ccc(-c2scnc2C)cc1)(NC(=O)[C@@H]1C[C@@H](O)CN1C(=O)[C@@H](N)C(C)(C)C)C(=O)O. The Morgan fingerprint density at radius 2 is 0.813 bits per heavy atom. The number of rotatable bonds is 76. The van der Waals surface area contributed by atoms with Crippen LogP contribution in [0.2, 0.25) is 0 Å². The van der Waals surface area contributed by atoms with E-state index in [-0.39, 0.29) is 52.2 Å². The van der Waals surface area contributed by atoms with Gasteiger partial charge in [0.05, 0.1) is 319 Å². The average Bonchev–Trinajstić information content (AvgIpc) is 1.75. The summed E-state index contributed by atoms with van der Waals surface area (Å²) in [5, 5.41) is 24.2. The number of aromatic nitrogens is 1. The Labute approximate surface area is 637 Å². The Bertz CT molecular complexity index is 2460. The van der Waals surface area contributed by atoms with Crippen LogP contribution in [0.4, 0.5) is 0 Å². The van der Waals surface area contributed by atoms with Crippen molar-refractivity contribution in [2.24, 2.45) is 11.1 Å². The number of carboxylic acids is 1. The van der Waals surface area contributed by atoms with Crippen LogP contribution in [0.25, 0.3) is 10.4 Å². The quantitative estimate of drug-likeness (QED) is 0.0689. The van der Waals surface area contributed by atoms with E-state index in [1.165, 1.54) is 28.2 Å². The number of carboxylic acid groups (broad SMARTS) is 1. The van der Waals surface area contributed by atoms with Gasteiger partial charge in [-0.2, -0.15) is 0 Å². The molecular formula is C73H129N5O28S. The summed E-state index contributed by atoms with van der Waals surface area (Å²) in [6.07, 6.45) is -1.69. The van der Waals surface area contributed by atoms with Gasteiger partial charge in [0.15, 0.2) is 0 Å². The second kappa shape index (κ2) is 65.3. The van der Waals surface area contributed by atoms with Crippen LogP contribution in [0.3, 0.4) is 0 Å². The standard InChI is InChI=1S/C73H129N5O28S/c1-61-67(107-60-75-61)63-9-7-62(8-10-63)11-12-73(71(83)84,76-69(81)65-57-64(79)59-78(65)70(82)68(74)72(2,3)4)58-66(80)77(5)13-14-86-17-18-88-21-22-90-25-26-92-29-30-94-33-34-96-37-38-98-41-42-100-45-46-102-49-50-104-53-54-106-56-55-105-52-51-103-48-47-101-44-43-99-40-39-97-36-35-95-32-31-93-28-27-91-24-23-89-20-19-87-16-15-85-6/h7-10,60,64-65,68,79H,11-59,74H2,1-6H3,(H,76,81)(H,83,84)/t64-,65+,68-,73-/m1/s1. The number of nitrogens with one attached hydrogen (secondary N) is 1. The summed E-state index contributed by atoms with van der Waals surface area (Å²) in [6.45, 7) is 26.6. The van der Waals surface area contributed by atoms with Gasteiger partial charge in [-0.3, -0.25) is 14.4 Å². The molecule has 2 heterocycles. The summed E-state index contributed by atoms with van der Waals surface area (Å²) in [5.74, 6) is -3.30. The summed E-state index contributed by atoms with van der Waals surface area (Å²) in [5.41, 5.74) is 7.98. The number of hydrogen-bond donors (Lipinski definition) is 4. The van der Waals surface area contributed by atoms with E-state index < -0.39 is 59.3 Å². The van der Waals surface area contributed by atoms with Crippen molar-refractivity contribution in [3.63, 3.8) is 0 Å². The second-order valence-electron chi connectivity index (χ2n) is 25.4. The number of aliphatic carboxylic acids is 1. The van der Waals surface area contributed by atoms with Gasteiger partial charge in [0.2, 0.25) is 17.7 Å². The molecule has 5 N–H and O–H groups in total. The van der Waals surface area contributed by atoms with Gasteiger partial charge < -0.3 is 135 Å². The maximum Gasteiger partial charge on any atom is 0.329 e. The minimum absolute atomic E-state index is 0.120. The summed E-state index contributed by atoms with van der Waals surface area (Å²) < 4.78 is 121. The van der Waals surface area contributed by atoms with Crippen molar-refractivity contribution in [3.05, 3.63) is 41.0 Å². The molecule has 620 valence electrons. The molecule has 3 rings (SSSR count). The molecule has 3 amide bonds. The molecule has 107 heavy (non-hydrogen) atoms. The molecule has 34 heteroatoms. The van der Waals surface area contributed by atoms with Crippen molar-refractivity contribution < 1.29 is 134 Å². The highest BCUT2D eigenvalue weighted by molar-refractivity contribution is 7.13. The van der Waals surface area contributed by atoms with Crippen LogP contribution in [0.5, 0.6) is 0 Å². The lowest BCUT2D eigenvalue weighted by atomic mass is 9.86. The van der Waals surface area contributed by atoms with Gasteiger partial charge in [-0.05, 0) is 36.3 Å². The Hall–Kier alpha value is -4.23. The fraction of sp³-hybridized carbons (Fsp3) is 0.822. The van der Waals surface area contributed by atoms with Gasteiger partial charge in [-0.15, -0.1) is 11.3 Å². The maximum absolute atomic E-state index is 14.1. The third-order valence-corrected chi connectivity index (χ3v) is 16.9. The number of aliphatic hydroxyl groups is 1. The smallest absolute Gasteiger partial charge is 0.329 e. The number of benzene rings is 1. The topological polar surface area (TPSA) is 369 Å². The first kappa shape index (κ1) is 97.0. The Balaban J connectivity index is 1.01. The predicted octanol–water partition coefficient (Wildman–Crippen LogP) is 2.17. The first-order valence-corrected chi connectivity index (χ1v) is 38.1. The predicted molar refractivity (Wildman–Crippen MR) is 394 cm³/mol. The minimum atomic E-state index is -2.08. The van der Waals surface area contributed by atoms with Crippen molar-refractivity contribution in [1.29, 1.82) is 0 Å². The number of methoxy groups -OCH3 is 1. The van der Waals surface area contributed by atoms with E-state index in [2.05, 4.69) is 10.3 Å². The highest BCUT2D eigenvalue weighted by Crippen LogP contribution is 2.30. The fourth-order valence-corrected chi connectivity index (χ4v) is 10.5. The number of nitrogens with zero attached hydrogens (tertiary/aromatic N) is 3. The first-order chi connectivity index (χ1) is 52.1. The van der Waals surface area contributed by atoms with E-state index >= 15 is 0 Å². The van der Waals surface area contributed by atoms with Crippen LogP contribution in [0.15, 0.2) is 29.8 Å². The van der Waals surface area contributed by atoms with Crippen molar-refractivity contribution in [2.45, 2.75) is 77.1 Å². The lowest BCUT2D eigenvalue weighted by molar-refractivity contribution is -0.153. The maximum atomic E-state index is 14.1. The number of aryl methyl sites for hydroxylation is 2. The third kappa shape index (κ3) is 49.7. The molecule has 4 atom stereocenters. The number of amides is 3. The summed E-state index contributed by atoms with van der Waals surface area (Å²) in [7, 11) is 3.17. The molecule has 2 aromatic rings. The monoisotopic (exact) mass is 1560 g/mol. The number of likely N-dealkylation sites (N-methyl/N-ethyl adjacent to an activating group) is 1. The minimum Gasteiger partial charge on any atom is -0.479 e. The lowest BCUT2D eigenvalue weighted by Crippen LogP contribution is -2.62. The molecule has 0 saturated carbocycles. The van der Waals surface area contributed by atoms with E-state index in [0.717, 1.165) is 21.7 Å². The van der Waals surface area contributed by atoms with E-state index in [1.807, 2.05) is 31.2 Å². The molecule has 0 radical (unpaired) electrons. The highest BCUT2D eigenvalue weighted by Gasteiger charge is 2.48. The van der Waals surface area contributed by atoms with Crippen molar-refractivity contribution >= 4 is 35.0 Å². The van der Waals surface area contributed by atoms with Crippen LogP contribution >= 0.6 is 11.3 Å². The van der Waals surface area contributed by atoms with E-state index in [1.54, 1.807) is 33.4 Å². The molecule has 1 aliphatic heterocycles. The number of β-amino-alcohol motifs (C(OH)–C–C–N with tert-alkyl or cyclic N) is 1. The number of carbonyl (C=O) groups is 4. The summed E-state index contributed by atoms with van der Waals surface area (Å²) >= 11 is 1.51. The van der Waals surface area contributed by atoms with Crippen LogP contribution in [0, 0.1) is 12.3 Å². The zero-order valence-corrected chi connectivity index (χ0v) is 65.4. The molecule has 33 nitrogen and oxygen atoms in total. The summed E-state index contributed by atoms with van der Waals surface area (Å²) in [4.78, 5) is 62.8. The number of carbonyl (C=O) groups excluding carboxylic acids is 3. The Morgan fingerprint density at radius 3 is 1.08 bits per heavy atom. The number of aliphatic hydroxyl groups excluding tert-OH is 1. The van der Waals surface area contributed by atoms with Crippen LogP contribution in [0.1, 0.15) is 51.3 Å². The normalized spacial score (nSPS) is 14.8. The van der Waals surface area contributed by atoms with E-state index in [9.17, 15) is 29.4 Å². The van der Waals surface area contributed by atoms with Crippen LogP contribution in [-0.2, 0) is 130 Å². The summed E-state index contributed by atoms with van der Waals surface area (Å²) in [6, 6.07) is 5.42. The number of hydrogen-bond acceptors (Lipinski definition) is 30. The highest BCUT2D eigenvalue weighted by atomic mass is 32.1. The molecule has 0 aliphatic carbocycles. The number of thiazole rings is 1. The van der Waals surface area contributed by atoms with Gasteiger partial charge in [0, 0.05) is 33.7 Å². The van der Waals surface area contributed by atoms with Gasteiger partial charge in [-0.25, -0.2) is 9.78 Å². The Kier molecular flexibility index (Phi) is 59.2. The van der Waals surface area contributed by atoms with Crippen molar-refractivity contribution in [3.8, 4) is 10.4 Å². The zero-order chi connectivity index (χ0) is 77.4. The lowest BCUT2D eigenvalue weighted by Gasteiger charge is -2.36. The zero-order valence-electron chi connectivity index (χ0n) is 64.6. The molecule has 1 aromatic carbocycles. The second-order valence-corrected chi connectivity index (χ2v) is 26.3. The molecule has 1 aromatic heterocycles. The van der Waals surface area contributed by atoms with Gasteiger partial charge in [0.25, 0.3) is 0 Å². The molecule has 1 aliphatic rings. The number of ether oxygens (including phenoxy) is 22. The number of likely N-dealkylation sites (tertiary alicyclic amines) is 1. The van der Waals surface area contributed by atoms with E-state index in [4.69, 9.17) is 110 Å². The van der Waals surface area contributed by atoms with Gasteiger partial charge in [-0.1, -0.05) is 45.0 Å². The largest absolute Gasteiger partial charge is 0.479 e. The molecule has 0 spiro atoms. The molecule has 1 fully saturated rings. The van der Waals surface area contributed by atoms with Crippen molar-refractivity contribution in [2.75, 3.05) is 311 Å². The van der Waals surface area contributed by atoms with Crippen LogP contribution in [-0.4, -0.2) is 384 Å². The average molecular weight is 1560 g/mol. The van der Waals surface area contributed by atoms with Crippen molar-refractivity contribution in [1.82, 2.24) is 20.1 Å². The molecule has 0 bridgehead atoms. The van der Waals surface area contributed by atoms with Crippen LogP contribution < -0.4 is 11.1 Å². The third-order valence-electron chi connectivity index (χ3n) is 16.0. The molecular weight excluding hydrogens is 1430 g/mol.